The van der Waals surface area contributed by atoms with Crippen LogP contribution in [0.5, 0.6) is 0 Å². The Morgan fingerprint density at radius 2 is 0.689 bits per heavy atom. The molecule has 0 aliphatic carbocycles. The third-order valence-electron chi connectivity index (χ3n) is 9.36. The molecule has 0 rings (SSSR count). The van der Waals surface area contributed by atoms with Crippen LogP contribution in [0.1, 0.15) is 206 Å². The average molecular weight is 632 g/mol. The van der Waals surface area contributed by atoms with E-state index in [2.05, 4.69) is 48.4 Å². The van der Waals surface area contributed by atoms with Crippen LogP contribution in [0.2, 0.25) is 0 Å². The molecule has 0 aliphatic heterocycles. The summed E-state index contributed by atoms with van der Waals surface area (Å²) in [6, 6.07) is 0. The lowest BCUT2D eigenvalue weighted by Crippen LogP contribution is -2.30. The minimum Gasteiger partial charge on any atom is -0.330 e. The van der Waals surface area contributed by atoms with Crippen molar-refractivity contribution in [1.82, 2.24) is 10.2 Å². The third kappa shape index (κ3) is 39.5. The fourth-order valence-corrected chi connectivity index (χ4v) is 6.28. The number of unbranched alkanes of at least 4 members (excludes halogenated alkanes) is 24. The molecule has 0 amide bonds. The summed E-state index contributed by atoms with van der Waals surface area (Å²) < 4.78 is 0. The van der Waals surface area contributed by atoms with E-state index in [1.54, 1.807) is 0 Å². The molecule has 0 spiro atoms. The summed E-state index contributed by atoms with van der Waals surface area (Å²) in [5.41, 5.74) is 5.64. The summed E-state index contributed by atoms with van der Waals surface area (Å²) in [5, 5.41) is 3.57. The zero-order valence-electron chi connectivity index (χ0n) is 31.3. The van der Waals surface area contributed by atoms with Gasteiger partial charge >= 0.3 is 0 Å². The third-order valence-corrected chi connectivity index (χ3v) is 9.36. The van der Waals surface area contributed by atoms with Crippen LogP contribution in [0.3, 0.4) is 0 Å². The van der Waals surface area contributed by atoms with Crippen LogP contribution in [-0.4, -0.2) is 44.2 Å². The van der Waals surface area contributed by atoms with Crippen LogP contribution in [0.25, 0.3) is 0 Å². The number of nitrogens with one attached hydrogen (secondary N) is 1. The molecule has 3 nitrogen and oxygen atoms in total. The van der Waals surface area contributed by atoms with Gasteiger partial charge in [0.1, 0.15) is 0 Å². The van der Waals surface area contributed by atoms with Gasteiger partial charge in [-0.2, -0.15) is 0 Å². The smallest absolute Gasteiger partial charge is 0.000664 e. The molecule has 0 aliphatic rings. The van der Waals surface area contributed by atoms with Gasteiger partial charge in [-0.3, -0.25) is 0 Å². The number of allylic oxidation sites excluding steroid dienone is 4. The van der Waals surface area contributed by atoms with Crippen molar-refractivity contribution in [1.29, 1.82) is 0 Å². The summed E-state index contributed by atoms with van der Waals surface area (Å²) in [6.07, 6.45) is 51.1. The van der Waals surface area contributed by atoms with E-state index in [4.69, 9.17) is 5.73 Å². The highest BCUT2D eigenvalue weighted by atomic mass is 15.1. The van der Waals surface area contributed by atoms with Gasteiger partial charge in [0, 0.05) is 0 Å². The van der Waals surface area contributed by atoms with Crippen molar-refractivity contribution >= 4 is 0 Å². The lowest BCUT2D eigenvalue weighted by Gasteiger charge is -2.22. The largest absolute Gasteiger partial charge is 0.330 e. The van der Waals surface area contributed by atoms with Gasteiger partial charge in [-0.05, 0) is 116 Å². The second-order valence-electron chi connectivity index (χ2n) is 14.0. The van der Waals surface area contributed by atoms with Gasteiger partial charge in [-0.15, -0.1) is 0 Å². The van der Waals surface area contributed by atoms with Crippen molar-refractivity contribution in [3.8, 4) is 0 Å². The summed E-state index contributed by atoms with van der Waals surface area (Å²) >= 11 is 0. The molecular weight excluding hydrogens is 546 g/mol. The number of rotatable bonds is 39. The number of hydrogen-bond donors (Lipinski definition) is 2. The molecule has 3 N–H and O–H groups in total. The van der Waals surface area contributed by atoms with Crippen LogP contribution in [0, 0.1) is 0 Å². The lowest BCUT2D eigenvalue weighted by molar-refractivity contribution is 0.256. The molecule has 0 saturated carbocycles. The standard InChI is InChI=1S/C42H85N3/c1-3-5-7-9-11-13-15-17-19-21-23-25-27-29-31-33-40-45(42-36-39-44-38-35-37-43)41-34-32-30-28-26-24-22-20-18-16-14-12-10-8-6-4-2/h17,19-20,22,44H,3-16,18,21,23-43H2,1-2H3. The topological polar surface area (TPSA) is 41.3 Å². The Morgan fingerprint density at radius 3 is 1.07 bits per heavy atom. The highest BCUT2D eigenvalue weighted by molar-refractivity contribution is 4.82. The zero-order valence-corrected chi connectivity index (χ0v) is 31.3. The highest BCUT2D eigenvalue weighted by Crippen LogP contribution is 2.13. The Hall–Kier alpha value is -0.640. The predicted molar refractivity (Wildman–Crippen MR) is 207 cm³/mol. The molecular formula is C42H85N3. The van der Waals surface area contributed by atoms with Crippen molar-refractivity contribution in [2.75, 3.05) is 39.3 Å². The van der Waals surface area contributed by atoms with Gasteiger partial charge in [0.15, 0.2) is 0 Å². The van der Waals surface area contributed by atoms with Crippen molar-refractivity contribution < 1.29 is 0 Å². The summed E-state index contributed by atoms with van der Waals surface area (Å²) in [5.74, 6) is 0. The van der Waals surface area contributed by atoms with Gasteiger partial charge in [-0.25, -0.2) is 0 Å². The van der Waals surface area contributed by atoms with Crippen LogP contribution < -0.4 is 11.1 Å². The van der Waals surface area contributed by atoms with Gasteiger partial charge in [0.2, 0.25) is 0 Å². The minimum absolute atomic E-state index is 0.796. The van der Waals surface area contributed by atoms with E-state index in [0.717, 1.165) is 26.1 Å². The number of nitrogens with two attached hydrogens (primary N) is 1. The maximum atomic E-state index is 5.64. The van der Waals surface area contributed by atoms with E-state index in [9.17, 15) is 0 Å². The molecule has 0 fully saturated rings. The Balaban J connectivity index is 3.81. The molecule has 3 heteroatoms. The number of nitrogens with zero attached hydrogens (tertiary/aromatic N) is 1. The molecule has 268 valence electrons. The number of hydrogen-bond acceptors (Lipinski definition) is 3. The van der Waals surface area contributed by atoms with Crippen LogP contribution in [0.4, 0.5) is 0 Å². The molecule has 0 aromatic heterocycles. The summed E-state index contributed by atoms with van der Waals surface area (Å²) in [6.45, 7) is 11.4. The fraction of sp³-hybridized carbons (Fsp3) is 0.905. The molecule has 45 heavy (non-hydrogen) atoms. The maximum Gasteiger partial charge on any atom is -0.000664 e. The lowest BCUT2D eigenvalue weighted by atomic mass is 10.1. The molecule has 0 radical (unpaired) electrons. The molecule has 0 aromatic carbocycles. The molecule has 0 heterocycles. The summed E-state index contributed by atoms with van der Waals surface area (Å²) in [4.78, 5) is 2.77. The van der Waals surface area contributed by atoms with Gasteiger partial charge in [-0.1, -0.05) is 154 Å². The van der Waals surface area contributed by atoms with Gasteiger partial charge in [0.05, 0.1) is 0 Å². The van der Waals surface area contributed by atoms with Crippen LogP contribution >= 0.6 is 0 Å². The SMILES string of the molecule is CCCCCCCCC=CCCCCCCCCN(CCCCCCCC=CCCCCCCCCC)CCCNCCCN. The first-order chi connectivity index (χ1) is 22.3. The molecule has 0 atom stereocenters. The minimum atomic E-state index is 0.796. The van der Waals surface area contributed by atoms with Gasteiger partial charge in [0.25, 0.3) is 0 Å². The Bertz CT molecular complexity index is 572. The van der Waals surface area contributed by atoms with Crippen molar-refractivity contribution in [3.05, 3.63) is 24.3 Å². The Morgan fingerprint density at radius 1 is 0.378 bits per heavy atom. The van der Waals surface area contributed by atoms with E-state index in [-0.39, 0.29) is 0 Å². The zero-order chi connectivity index (χ0) is 32.6. The first-order valence-corrected chi connectivity index (χ1v) is 20.8. The molecule has 0 unspecified atom stereocenters. The quantitative estimate of drug-likeness (QED) is 0.0524. The van der Waals surface area contributed by atoms with Gasteiger partial charge < -0.3 is 16.0 Å². The van der Waals surface area contributed by atoms with Crippen molar-refractivity contribution in [3.63, 3.8) is 0 Å². The first-order valence-electron chi connectivity index (χ1n) is 20.8. The Kier molecular flexibility index (Phi) is 40.8. The van der Waals surface area contributed by atoms with E-state index in [0.29, 0.717) is 0 Å². The monoisotopic (exact) mass is 632 g/mol. The fourth-order valence-electron chi connectivity index (χ4n) is 6.28. The van der Waals surface area contributed by atoms with Crippen molar-refractivity contribution in [2.24, 2.45) is 5.73 Å². The first kappa shape index (κ1) is 44.4. The van der Waals surface area contributed by atoms with E-state index in [1.807, 2.05) is 0 Å². The van der Waals surface area contributed by atoms with E-state index >= 15 is 0 Å². The van der Waals surface area contributed by atoms with Crippen LogP contribution in [0.15, 0.2) is 24.3 Å². The van der Waals surface area contributed by atoms with Crippen molar-refractivity contribution in [2.45, 2.75) is 206 Å². The van der Waals surface area contributed by atoms with E-state index < -0.39 is 0 Å². The second-order valence-corrected chi connectivity index (χ2v) is 14.0. The molecule has 0 saturated heterocycles. The normalized spacial score (nSPS) is 12.1. The molecule has 0 aromatic rings. The second kappa shape index (κ2) is 41.4. The highest BCUT2D eigenvalue weighted by Gasteiger charge is 2.05. The van der Waals surface area contributed by atoms with E-state index in [1.165, 1.54) is 206 Å². The average Bonchev–Trinajstić information content (AvgIpc) is 3.05. The molecule has 0 bridgehead atoms. The van der Waals surface area contributed by atoms with Crippen LogP contribution in [-0.2, 0) is 0 Å². The maximum absolute atomic E-state index is 5.64. The summed E-state index contributed by atoms with van der Waals surface area (Å²) in [7, 11) is 0. The Labute approximate surface area is 285 Å². The predicted octanol–water partition coefficient (Wildman–Crippen LogP) is 12.7.